The van der Waals surface area contributed by atoms with Gasteiger partial charge in [0.05, 0.1) is 18.3 Å². The summed E-state index contributed by atoms with van der Waals surface area (Å²) in [4.78, 5) is 26.2. The van der Waals surface area contributed by atoms with Crippen molar-refractivity contribution in [3.63, 3.8) is 0 Å². The van der Waals surface area contributed by atoms with Crippen LogP contribution in [0.25, 0.3) is 0 Å². The van der Waals surface area contributed by atoms with Gasteiger partial charge in [0.25, 0.3) is 5.91 Å². The predicted molar refractivity (Wildman–Crippen MR) is 75.4 cm³/mol. The van der Waals surface area contributed by atoms with Gasteiger partial charge in [-0.15, -0.1) is 0 Å². The lowest BCUT2D eigenvalue weighted by molar-refractivity contribution is 0.0634. The smallest absolute Gasteiger partial charge is 0.274 e. The van der Waals surface area contributed by atoms with Crippen molar-refractivity contribution in [1.29, 1.82) is 0 Å². The second-order valence-electron chi connectivity index (χ2n) is 5.08. The first kappa shape index (κ1) is 13.6. The number of carbonyl (C=O) groups excluding carboxylic acids is 1. The van der Waals surface area contributed by atoms with Crippen molar-refractivity contribution >= 4 is 5.91 Å². The van der Waals surface area contributed by atoms with Crippen LogP contribution in [-0.4, -0.2) is 49.6 Å². The first-order valence-electron chi connectivity index (χ1n) is 6.89. The number of hydrogen-bond donors (Lipinski definition) is 1. The van der Waals surface area contributed by atoms with Crippen LogP contribution in [0.5, 0.6) is 0 Å². The molecule has 0 unspecified atom stereocenters. The van der Waals surface area contributed by atoms with Crippen molar-refractivity contribution < 1.29 is 9.90 Å². The molecule has 1 aliphatic heterocycles. The molecular formula is C15H16N4O2. The molecule has 0 bridgehead atoms. The molecule has 1 saturated heterocycles. The Hall–Kier alpha value is -2.34. The minimum Gasteiger partial charge on any atom is -0.391 e. The Balaban J connectivity index is 1.79. The van der Waals surface area contributed by atoms with E-state index in [1.165, 1.54) is 18.6 Å². The summed E-state index contributed by atoms with van der Waals surface area (Å²) < 4.78 is 0. The van der Waals surface area contributed by atoms with E-state index in [1.54, 1.807) is 17.3 Å². The number of aromatic nitrogens is 3. The Labute approximate surface area is 122 Å². The molecule has 1 aliphatic rings. The van der Waals surface area contributed by atoms with E-state index in [2.05, 4.69) is 15.0 Å². The van der Waals surface area contributed by atoms with Gasteiger partial charge in [0.1, 0.15) is 5.69 Å². The molecule has 6 nitrogen and oxygen atoms in total. The standard InChI is InChI=1S/C15H16N4O2/c20-14-3-7-19(15(21)12-10-17-5-6-18-12)13(14)8-11-2-1-4-16-9-11/h1-2,4-6,9-10,13-14,20H,3,7-8H2/t13-,14-/m1/s1. The monoisotopic (exact) mass is 284 g/mol. The number of rotatable bonds is 3. The van der Waals surface area contributed by atoms with Crippen LogP contribution in [0.2, 0.25) is 0 Å². The molecule has 0 saturated carbocycles. The van der Waals surface area contributed by atoms with Gasteiger partial charge in [-0.1, -0.05) is 6.07 Å². The average Bonchev–Trinajstić information content (AvgIpc) is 2.90. The number of aliphatic hydroxyl groups excluding tert-OH is 1. The van der Waals surface area contributed by atoms with E-state index < -0.39 is 6.10 Å². The second-order valence-corrected chi connectivity index (χ2v) is 5.08. The Kier molecular flexibility index (Phi) is 3.87. The van der Waals surface area contributed by atoms with Crippen LogP contribution in [0, 0.1) is 0 Å². The third kappa shape index (κ3) is 2.90. The minimum atomic E-state index is -0.522. The van der Waals surface area contributed by atoms with Gasteiger partial charge in [0.15, 0.2) is 0 Å². The van der Waals surface area contributed by atoms with Crippen LogP contribution in [-0.2, 0) is 6.42 Å². The fourth-order valence-electron chi connectivity index (χ4n) is 2.65. The lowest BCUT2D eigenvalue weighted by Gasteiger charge is -2.26. The fourth-order valence-corrected chi connectivity index (χ4v) is 2.65. The number of nitrogens with zero attached hydrogens (tertiary/aromatic N) is 4. The summed E-state index contributed by atoms with van der Waals surface area (Å²) in [6.45, 7) is 0.529. The average molecular weight is 284 g/mol. The molecule has 0 aromatic carbocycles. The summed E-state index contributed by atoms with van der Waals surface area (Å²) in [6, 6.07) is 3.55. The lowest BCUT2D eigenvalue weighted by atomic mass is 10.0. The topological polar surface area (TPSA) is 79.2 Å². The van der Waals surface area contributed by atoms with E-state index in [0.717, 1.165) is 5.56 Å². The van der Waals surface area contributed by atoms with Crippen molar-refractivity contribution in [3.05, 3.63) is 54.4 Å². The van der Waals surface area contributed by atoms with Crippen LogP contribution in [0.4, 0.5) is 0 Å². The molecule has 1 N–H and O–H groups in total. The number of hydrogen-bond acceptors (Lipinski definition) is 5. The Morgan fingerprint density at radius 2 is 2.14 bits per heavy atom. The third-order valence-electron chi connectivity index (χ3n) is 3.72. The summed E-state index contributed by atoms with van der Waals surface area (Å²) in [5.74, 6) is -0.187. The Morgan fingerprint density at radius 3 is 2.86 bits per heavy atom. The molecule has 0 radical (unpaired) electrons. The highest BCUT2D eigenvalue weighted by molar-refractivity contribution is 5.92. The molecule has 1 amide bonds. The molecule has 0 aliphatic carbocycles. The maximum absolute atomic E-state index is 12.5. The van der Waals surface area contributed by atoms with E-state index in [0.29, 0.717) is 25.1 Å². The highest BCUT2D eigenvalue weighted by atomic mass is 16.3. The van der Waals surface area contributed by atoms with E-state index >= 15 is 0 Å². The van der Waals surface area contributed by atoms with Gasteiger partial charge in [0.2, 0.25) is 0 Å². The predicted octanol–water partition coefficient (Wildman–Crippen LogP) is 0.690. The van der Waals surface area contributed by atoms with Crippen LogP contribution in [0.3, 0.4) is 0 Å². The quantitative estimate of drug-likeness (QED) is 0.897. The van der Waals surface area contributed by atoms with Crippen molar-refractivity contribution in [3.8, 4) is 0 Å². The van der Waals surface area contributed by atoms with Crippen molar-refractivity contribution in [2.24, 2.45) is 0 Å². The van der Waals surface area contributed by atoms with E-state index in [9.17, 15) is 9.90 Å². The number of carbonyl (C=O) groups is 1. The van der Waals surface area contributed by atoms with Crippen LogP contribution in [0.15, 0.2) is 43.1 Å². The molecule has 0 spiro atoms. The molecule has 108 valence electrons. The van der Waals surface area contributed by atoms with Crippen LogP contribution < -0.4 is 0 Å². The number of amides is 1. The maximum atomic E-state index is 12.5. The highest BCUT2D eigenvalue weighted by Gasteiger charge is 2.36. The zero-order valence-corrected chi connectivity index (χ0v) is 11.5. The van der Waals surface area contributed by atoms with E-state index in [4.69, 9.17) is 0 Å². The van der Waals surface area contributed by atoms with E-state index in [1.807, 2.05) is 12.1 Å². The van der Waals surface area contributed by atoms with Crippen LogP contribution >= 0.6 is 0 Å². The molecule has 3 heterocycles. The summed E-state index contributed by atoms with van der Waals surface area (Å²) in [5.41, 5.74) is 1.31. The first-order valence-corrected chi connectivity index (χ1v) is 6.89. The van der Waals surface area contributed by atoms with Crippen LogP contribution in [0.1, 0.15) is 22.5 Å². The second kappa shape index (κ2) is 5.97. The highest BCUT2D eigenvalue weighted by Crippen LogP contribution is 2.23. The molecule has 6 heteroatoms. The molecule has 3 rings (SSSR count). The summed E-state index contributed by atoms with van der Waals surface area (Å²) in [6.07, 6.45) is 8.59. The first-order chi connectivity index (χ1) is 10.3. The van der Waals surface area contributed by atoms with Crippen molar-refractivity contribution in [1.82, 2.24) is 19.9 Å². The SMILES string of the molecule is O=C(c1cnccn1)N1CC[C@@H](O)[C@H]1Cc1cccnc1. The van der Waals surface area contributed by atoms with Gasteiger partial charge >= 0.3 is 0 Å². The van der Waals surface area contributed by atoms with Gasteiger partial charge in [0, 0.05) is 31.3 Å². The lowest BCUT2D eigenvalue weighted by Crippen LogP contribution is -2.41. The molecule has 2 atom stereocenters. The van der Waals surface area contributed by atoms with Gasteiger partial charge in [-0.05, 0) is 24.5 Å². The Bertz CT molecular complexity index is 606. The molecular weight excluding hydrogens is 268 g/mol. The van der Waals surface area contributed by atoms with Crippen molar-refractivity contribution in [2.45, 2.75) is 25.0 Å². The Morgan fingerprint density at radius 1 is 1.29 bits per heavy atom. The molecule has 2 aromatic rings. The summed E-state index contributed by atoms with van der Waals surface area (Å²) >= 11 is 0. The zero-order valence-electron chi connectivity index (χ0n) is 11.5. The van der Waals surface area contributed by atoms with Gasteiger partial charge in [-0.25, -0.2) is 4.98 Å². The van der Waals surface area contributed by atoms with Gasteiger partial charge in [-0.2, -0.15) is 0 Å². The van der Waals surface area contributed by atoms with Gasteiger partial charge < -0.3 is 10.0 Å². The number of aliphatic hydroxyl groups is 1. The third-order valence-corrected chi connectivity index (χ3v) is 3.72. The normalized spacial score (nSPS) is 21.5. The number of pyridine rings is 1. The molecule has 2 aromatic heterocycles. The zero-order chi connectivity index (χ0) is 14.7. The minimum absolute atomic E-state index is 0.187. The van der Waals surface area contributed by atoms with E-state index in [-0.39, 0.29) is 11.9 Å². The summed E-state index contributed by atoms with van der Waals surface area (Å²) in [7, 11) is 0. The van der Waals surface area contributed by atoms with Gasteiger partial charge in [-0.3, -0.25) is 14.8 Å². The number of likely N-dealkylation sites (tertiary alicyclic amines) is 1. The van der Waals surface area contributed by atoms with Crippen molar-refractivity contribution in [2.75, 3.05) is 6.54 Å². The fraction of sp³-hybridized carbons (Fsp3) is 0.333. The maximum Gasteiger partial charge on any atom is 0.274 e. The molecule has 21 heavy (non-hydrogen) atoms. The molecule has 1 fully saturated rings. The summed E-state index contributed by atoms with van der Waals surface area (Å²) in [5, 5.41) is 10.2. The largest absolute Gasteiger partial charge is 0.391 e.